The summed E-state index contributed by atoms with van der Waals surface area (Å²) in [6.07, 6.45) is 12.1. The number of amides is 1. The van der Waals surface area contributed by atoms with Crippen LogP contribution in [0.25, 0.3) is 11.0 Å². The molecule has 0 saturated heterocycles. The van der Waals surface area contributed by atoms with Gasteiger partial charge in [0.1, 0.15) is 6.54 Å². The lowest BCUT2D eigenvalue weighted by molar-refractivity contribution is -0.127. The van der Waals surface area contributed by atoms with Crippen LogP contribution in [0.5, 0.6) is 0 Å². The number of aromatic nitrogens is 3. The highest BCUT2D eigenvalue weighted by Crippen LogP contribution is 2.55. The minimum atomic E-state index is 0.0659. The molecule has 7 rings (SSSR count). The Kier molecular flexibility index (Phi) is 3.31. The maximum absolute atomic E-state index is 13.0. The second-order valence-corrected chi connectivity index (χ2v) is 9.86. The van der Waals surface area contributed by atoms with E-state index in [0.29, 0.717) is 5.92 Å². The largest absolute Gasteiger partial charge is 0.349 e. The molecule has 5 heteroatoms. The first-order valence-corrected chi connectivity index (χ1v) is 10.7. The van der Waals surface area contributed by atoms with Crippen molar-refractivity contribution in [3.63, 3.8) is 0 Å². The quantitative estimate of drug-likeness (QED) is 0.900. The van der Waals surface area contributed by atoms with Crippen LogP contribution in [0.3, 0.4) is 0 Å². The van der Waals surface area contributed by atoms with E-state index in [1.807, 2.05) is 17.8 Å². The molecule has 0 spiro atoms. The highest BCUT2D eigenvalue weighted by Gasteiger charge is 2.51. The summed E-state index contributed by atoms with van der Waals surface area (Å²) in [7, 11) is 0. The number of carbonyl (C=O) groups excluding carboxylic acids is 1. The number of nitrogens with one attached hydrogen (secondary N) is 1. The van der Waals surface area contributed by atoms with Gasteiger partial charge >= 0.3 is 0 Å². The molecule has 0 unspecified atom stereocenters. The summed E-state index contributed by atoms with van der Waals surface area (Å²) >= 11 is 0. The molecule has 5 aliphatic carbocycles. The van der Waals surface area contributed by atoms with Crippen LogP contribution in [0.4, 0.5) is 0 Å². The van der Waals surface area contributed by atoms with E-state index in [9.17, 15) is 4.79 Å². The third-order valence-corrected chi connectivity index (χ3v) is 7.59. The Morgan fingerprint density at radius 3 is 2.48 bits per heavy atom. The number of rotatable bonds is 4. The third kappa shape index (κ3) is 2.61. The SMILES string of the molecule is Cc1nn(CC(=O)NC23CC4CC(CC(C4)C2)C3)c2nccc(C3CC3)c12. The van der Waals surface area contributed by atoms with Crippen LogP contribution < -0.4 is 5.32 Å². The monoisotopic (exact) mass is 364 g/mol. The maximum Gasteiger partial charge on any atom is 0.242 e. The zero-order valence-corrected chi connectivity index (χ0v) is 16.1. The van der Waals surface area contributed by atoms with E-state index in [1.165, 1.54) is 62.3 Å². The predicted octanol–water partition coefficient (Wildman–Crippen LogP) is 3.70. The van der Waals surface area contributed by atoms with Crippen molar-refractivity contribution >= 4 is 16.9 Å². The second-order valence-electron chi connectivity index (χ2n) is 9.86. The molecule has 4 bridgehead atoms. The van der Waals surface area contributed by atoms with Gasteiger partial charge in [0.25, 0.3) is 0 Å². The minimum Gasteiger partial charge on any atom is -0.349 e. The molecule has 2 aromatic heterocycles. The standard InChI is InChI=1S/C22H28N4O/c1-13-20-18(17-2-3-17)4-5-23-21(20)26(25-13)12-19(27)24-22-9-14-6-15(10-22)8-16(7-14)11-22/h4-5,14-17H,2-3,6-12H2,1H3,(H,24,27). The summed E-state index contributed by atoms with van der Waals surface area (Å²) < 4.78 is 1.83. The molecule has 5 fully saturated rings. The zero-order valence-electron chi connectivity index (χ0n) is 16.1. The summed E-state index contributed by atoms with van der Waals surface area (Å²) in [6.45, 7) is 2.33. The number of aryl methyl sites for hydroxylation is 1. The lowest BCUT2D eigenvalue weighted by Crippen LogP contribution is -2.60. The fourth-order valence-corrected chi connectivity index (χ4v) is 6.89. The number of nitrogens with zero attached hydrogens (tertiary/aromatic N) is 3. The second kappa shape index (κ2) is 5.55. The molecule has 5 aliphatic rings. The average Bonchev–Trinajstić information content (AvgIpc) is 3.39. The van der Waals surface area contributed by atoms with Gasteiger partial charge in [0.2, 0.25) is 5.91 Å². The fraction of sp³-hybridized carbons (Fsp3) is 0.682. The van der Waals surface area contributed by atoms with Crippen molar-refractivity contribution < 1.29 is 4.79 Å². The third-order valence-electron chi connectivity index (χ3n) is 7.59. The van der Waals surface area contributed by atoms with E-state index in [1.54, 1.807) is 0 Å². The Bertz CT molecular complexity index is 890. The van der Waals surface area contributed by atoms with Gasteiger partial charge in [-0.1, -0.05) is 0 Å². The lowest BCUT2D eigenvalue weighted by Gasteiger charge is -2.56. The molecule has 5 nitrogen and oxygen atoms in total. The van der Waals surface area contributed by atoms with Crippen molar-refractivity contribution in [3.8, 4) is 0 Å². The van der Waals surface area contributed by atoms with Gasteiger partial charge in [-0.05, 0) is 93.6 Å². The molecule has 142 valence electrons. The van der Waals surface area contributed by atoms with Crippen molar-refractivity contribution in [2.45, 2.75) is 76.3 Å². The molecule has 0 aromatic carbocycles. The summed E-state index contributed by atoms with van der Waals surface area (Å²) in [5.74, 6) is 3.29. The molecule has 1 amide bonds. The van der Waals surface area contributed by atoms with Crippen LogP contribution in [0, 0.1) is 24.7 Å². The van der Waals surface area contributed by atoms with Crippen molar-refractivity contribution in [2.75, 3.05) is 0 Å². The lowest BCUT2D eigenvalue weighted by atomic mass is 9.53. The van der Waals surface area contributed by atoms with E-state index < -0.39 is 0 Å². The van der Waals surface area contributed by atoms with Gasteiger partial charge in [-0.15, -0.1) is 0 Å². The molecule has 0 atom stereocenters. The first-order chi connectivity index (χ1) is 13.1. The van der Waals surface area contributed by atoms with Crippen molar-refractivity contribution in [3.05, 3.63) is 23.5 Å². The van der Waals surface area contributed by atoms with Crippen LogP contribution >= 0.6 is 0 Å². The Morgan fingerprint density at radius 1 is 1.19 bits per heavy atom. The van der Waals surface area contributed by atoms with Gasteiger partial charge in [-0.2, -0.15) is 5.10 Å². The Morgan fingerprint density at radius 2 is 1.85 bits per heavy atom. The number of hydrogen-bond acceptors (Lipinski definition) is 3. The van der Waals surface area contributed by atoms with E-state index in [0.717, 1.165) is 29.1 Å². The Labute approximate surface area is 159 Å². The van der Waals surface area contributed by atoms with Crippen LogP contribution in [0.1, 0.15) is 68.5 Å². The van der Waals surface area contributed by atoms with Gasteiger partial charge in [0, 0.05) is 17.1 Å². The summed E-state index contributed by atoms with van der Waals surface area (Å²) in [6, 6.07) is 2.13. The van der Waals surface area contributed by atoms with Crippen molar-refractivity contribution in [1.82, 2.24) is 20.1 Å². The van der Waals surface area contributed by atoms with E-state index in [4.69, 9.17) is 0 Å². The Balaban J connectivity index is 1.25. The number of fused-ring (bicyclic) bond motifs is 1. The molecule has 2 aromatic rings. The van der Waals surface area contributed by atoms with Crippen LogP contribution in [-0.4, -0.2) is 26.2 Å². The molecule has 2 heterocycles. The topological polar surface area (TPSA) is 59.8 Å². The maximum atomic E-state index is 13.0. The fourth-order valence-electron chi connectivity index (χ4n) is 6.89. The average molecular weight is 364 g/mol. The molecule has 0 aliphatic heterocycles. The van der Waals surface area contributed by atoms with Crippen molar-refractivity contribution in [2.24, 2.45) is 17.8 Å². The number of carbonyl (C=O) groups is 1. The van der Waals surface area contributed by atoms with Crippen LogP contribution in [0.2, 0.25) is 0 Å². The van der Waals surface area contributed by atoms with Gasteiger partial charge in [0.05, 0.1) is 5.69 Å². The predicted molar refractivity (Wildman–Crippen MR) is 103 cm³/mol. The van der Waals surface area contributed by atoms with Crippen LogP contribution in [-0.2, 0) is 11.3 Å². The normalized spacial score (nSPS) is 34.3. The molecular weight excluding hydrogens is 336 g/mol. The molecule has 5 saturated carbocycles. The first-order valence-electron chi connectivity index (χ1n) is 10.7. The minimum absolute atomic E-state index is 0.0659. The van der Waals surface area contributed by atoms with Crippen LogP contribution in [0.15, 0.2) is 12.3 Å². The zero-order chi connectivity index (χ0) is 18.2. The van der Waals surface area contributed by atoms with Gasteiger partial charge in [-0.3, -0.25) is 4.79 Å². The smallest absolute Gasteiger partial charge is 0.242 e. The van der Waals surface area contributed by atoms with E-state index >= 15 is 0 Å². The molecule has 27 heavy (non-hydrogen) atoms. The van der Waals surface area contributed by atoms with E-state index in [2.05, 4.69) is 21.5 Å². The summed E-state index contributed by atoms with van der Waals surface area (Å²) in [4.78, 5) is 17.6. The highest BCUT2D eigenvalue weighted by molar-refractivity contribution is 5.85. The number of pyridine rings is 1. The molecule has 0 radical (unpaired) electrons. The molecule has 1 N–H and O–H groups in total. The first kappa shape index (κ1) is 16.1. The summed E-state index contributed by atoms with van der Waals surface area (Å²) in [5.41, 5.74) is 3.31. The number of hydrogen-bond donors (Lipinski definition) is 1. The summed E-state index contributed by atoms with van der Waals surface area (Å²) in [5, 5.41) is 9.33. The van der Waals surface area contributed by atoms with Crippen molar-refractivity contribution in [1.29, 1.82) is 0 Å². The van der Waals surface area contributed by atoms with Gasteiger partial charge < -0.3 is 5.32 Å². The van der Waals surface area contributed by atoms with Gasteiger partial charge in [0.15, 0.2) is 5.65 Å². The molecular formula is C22H28N4O. The van der Waals surface area contributed by atoms with Gasteiger partial charge in [-0.25, -0.2) is 9.67 Å². The highest BCUT2D eigenvalue weighted by atomic mass is 16.2. The van der Waals surface area contributed by atoms with E-state index in [-0.39, 0.29) is 18.0 Å². The Hall–Kier alpha value is -1.91.